The van der Waals surface area contributed by atoms with Crippen molar-refractivity contribution < 1.29 is 0 Å². The molecule has 12 heavy (non-hydrogen) atoms. The van der Waals surface area contributed by atoms with Gasteiger partial charge in [0.25, 0.3) is 0 Å². The minimum atomic E-state index is 0.413. The summed E-state index contributed by atoms with van der Waals surface area (Å²) in [6.07, 6.45) is 6.07. The fraction of sp³-hybridized carbons (Fsp3) is 0.833. The first-order valence-electron chi connectivity index (χ1n) is 5.03. The second-order valence-corrected chi connectivity index (χ2v) is 5.37. The van der Waals surface area contributed by atoms with Crippen LogP contribution in [0.2, 0.25) is 0 Å². The van der Waals surface area contributed by atoms with Gasteiger partial charge in [0.15, 0.2) is 0 Å². The summed E-state index contributed by atoms with van der Waals surface area (Å²) < 4.78 is 0. The summed E-state index contributed by atoms with van der Waals surface area (Å²) in [5, 5.41) is 0. The Bertz CT molecular complexity index is 170. The zero-order chi connectivity index (χ0) is 9.41. The SMILES string of the molecule is C=CCC(C)(C)C(C)(C)C1CC1. The summed E-state index contributed by atoms with van der Waals surface area (Å²) in [4.78, 5) is 0. The lowest BCUT2D eigenvalue weighted by atomic mass is 9.63. The first-order valence-corrected chi connectivity index (χ1v) is 5.03. The molecule has 0 aromatic carbocycles. The summed E-state index contributed by atoms with van der Waals surface area (Å²) in [6, 6.07) is 0. The molecule has 0 amide bonds. The highest BCUT2D eigenvalue weighted by molar-refractivity contribution is 4.99. The van der Waals surface area contributed by atoms with Crippen LogP contribution in [0.3, 0.4) is 0 Å². The predicted octanol–water partition coefficient (Wildman–Crippen LogP) is 4.02. The van der Waals surface area contributed by atoms with E-state index in [1.165, 1.54) is 12.8 Å². The second-order valence-electron chi connectivity index (χ2n) is 5.37. The third-order valence-electron chi connectivity index (χ3n) is 4.00. The van der Waals surface area contributed by atoms with E-state index in [-0.39, 0.29) is 0 Å². The van der Waals surface area contributed by atoms with Crippen molar-refractivity contribution in [3.8, 4) is 0 Å². The van der Waals surface area contributed by atoms with Crippen molar-refractivity contribution >= 4 is 0 Å². The molecule has 0 nitrogen and oxygen atoms in total. The lowest BCUT2D eigenvalue weighted by molar-refractivity contribution is 0.0861. The predicted molar refractivity (Wildman–Crippen MR) is 55.1 cm³/mol. The first-order chi connectivity index (χ1) is 5.42. The van der Waals surface area contributed by atoms with Gasteiger partial charge in [0.2, 0.25) is 0 Å². The third kappa shape index (κ3) is 1.57. The lowest BCUT2D eigenvalue weighted by Crippen LogP contribution is -2.33. The van der Waals surface area contributed by atoms with Gasteiger partial charge in [-0.25, -0.2) is 0 Å². The Labute approximate surface area is 77.1 Å². The van der Waals surface area contributed by atoms with Crippen LogP contribution in [-0.4, -0.2) is 0 Å². The van der Waals surface area contributed by atoms with Crippen LogP contribution in [0.5, 0.6) is 0 Å². The molecule has 0 unspecified atom stereocenters. The van der Waals surface area contributed by atoms with Crippen LogP contribution in [0.1, 0.15) is 47.0 Å². The van der Waals surface area contributed by atoms with Gasteiger partial charge in [0.1, 0.15) is 0 Å². The molecule has 1 aliphatic carbocycles. The van der Waals surface area contributed by atoms with E-state index in [0.717, 1.165) is 12.3 Å². The molecule has 0 radical (unpaired) electrons. The van der Waals surface area contributed by atoms with Crippen LogP contribution in [-0.2, 0) is 0 Å². The molecule has 0 heterocycles. The smallest absolute Gasteiger partial charge is 0.0266 e. The van der Waals surface area contributed by atoms with Crippen molar-refractivity contribution in [2.24, 2.45) is 16.7 Å². The number of rotatable bonds is 4. The molecule has 1 saturated carbocycles. The van der Waals surface area contributed by atoms with E-state index in [2.05, 4.69) is 40.3 Å². The van der Waals surface area contributed by atoms with Crippen LogP contribution < -0.4 is 0 Å². The molecule has 0 heteroatoms. The maximum Gasteiger partial charge on any atom is -0.0266 e. The van der Waals surface area contributed by atoms with Gasteiger partial charge in [0, 0.05) is 0 Å². The average molecular weight is 166 g/mol. The van der Waals surface area contributed by atoms with E-state index < -0.39 is 0 Å². The highest BCUT2D eigenvalue weighted by Crippen LogP contribution is 2.56. The minimum absolute atomic E-state index is 0.413. The van der Waals surface area contributed by atoms with Crippen molar-refractivity contribution in [2.75, 3.05) is 0 Å². The fourth-order valence-electron chi connectivity index (χ4n) is 1.98. The first kappa shape index (κ1) is 9.83. The molecule has 1 aliphatic rings. The standard InChI is InChI=1S/C12H22/c1-6-9-11(2,3)12(4,5)10-7-8-10/h6,10H,1,7-9H2,2-5H3. The van der Waals surface area contributed by atoms with E-state index in [4.69, 9.17) is 0 Å². The van der Waals surface area contributed by atoms with Crippen molar-refractivity contribution in [3.63, 3.8) is 0 Å². The maximum absolute atomic E-state index is 3.84. The number of hydrogen-bond donors (Lipinski definition) is 0. The Balaban J connectivity index is 2.69. The van der Waals surface area contributed by atoms with Crippen LogP contribution in [0, 0.1) is 16.7 Å². The van der Waals surface area contributed by atoms with E-state index in [0.29, 0.717) is 10.8 Å². The lowest BCUT2D eigenvalue weighted by Gasteiger charge is -2.42. The summed E-state index contributed by atoms with van der Waals surface area (Å²) in [7, 11) is 0. The van der Waals surface area contributed by atoms with E-state index in [1.54, 1.807) is 0 Å². The zero-order valence-electron chi connectivity index (χ0n) is 8.98. The van der Waals surface area contributed by atoms with Gasteiger partial charge < -0.3 is 0 Å². The van der Waals surface area contributed by atoms with Gasteiger partial charge in [-0.05, 0) is 36.0 Å². The van der Waals surface area contributed by atoms with E-state index >= 15 is 0 Å². The molecule has 0 atom stereocenters. The molecule has 0 aliphatic heterocycles. The van der Waals surface area contributed by atoms with Crippen LogP contribution in [0.4, 0.5) is 0 Å². The number of allylic oxidation sites excluding steroid dienone is 1. The van der Waals surface area contributed by atoms with Crippen molar-refractivity contribution in [1.29, 1.82) is 0 Å². The van der Waals surface area contributed by atoms with Gasteiger partial charge in [0.05, 0.1) is 0 Å². The highest BCUT2D eigenvalue weighted by atomic mass is 14.5. The Morgan fingerprint density at radius 1 is 1.25 bits per heavy atom. The molecule has 1 fully saturated rings. The second kappa shape index (κ2) is 2.90. The molecule has 1 rings (SSSR count). The Hall–Kier alpha value is -0.260. The molecular weight excluding hydrogens is 144 g/mol. The van der Waals surface area contributed by atoms with Gasteiger partial charge in [-0.15, -0.1) is 6.58 Å². The van der Waals surface area contributed by atoms with Gasteiger partial charge in [-0.1, -0.05) is 33.8 Å². The third-order valence-corrected chi connectivity index (χ3v) is 4.00. The van der Waals surface area contributed by atoms with Crippen molar-refractivity contribution in [2.45, 2.75) is 47.0 Å². The molecule has 0 spiro atoms. The minimum Gasteiger partial charge on any atom is -0.103 e. The van der Waals surface area contributed by atoms with Crippen molar-refractivity contribution in [1.82, 2.24) is 0 Å². The summed E-state index contributed by atoms with van der Waals surface area (Å²) in [5.41, 5.74) is 0.900. The summed E-state index contributed by atoms with van der Waals surface area (Å²) in [6.45, 7) is 13.4. The van der Waals surface area contributed by atoms with Crippen LogP contribution >= 0.6 is 0 Å². The normalized spacial score (nSPS) is 19.3. The van der Waals surface area contributed by atoms with E-state index in [1.807, 2.05) is 0 Å². The zero-order valence-corrected chi connectivity index (χ0v) is 8.98. The number of hydrogen-bond acceptors (Lipinski definition) is 0. The molecule has 0 saturated heterocycles. The van der Waals surface area contributed by atoms with Crippen molar-refractivity contribution in [3.05, 3.63) is 12.7 Å². The van der Waals surface area contributed by atoms with Gasteiger partial charge in [-0.3, -0.25) is 0 Å². The Kier molecular flexibility index (Phi) is 2.38. The Morgan fingerprint density at radius 2 is 1.75 bits per heavy atom. The average Bonchev–Trinajstić information content (AvgIpc) is 2.66. The molecule has 0 aromatic heterocycles. The van der Waals surface area contributed by atoms with Crippen LogP contribution in [0.25, 0.3) is 0 Å². The molecular formula is C12H22. The fourth-order valence-corrected chi connectivity index (χ4v) is 1.98. The van der Waals surface area contributed by atoms with E-state index in [9.17, 15) is 0 Å². The van der Waals surface area contributed by atoms with Gasteiger partial charge in [-0.2, -0.15) is 0 Å². The van der Waals surface area contributed by atoms with Gasteiger partial charge >= 0.3 is 0 Å². The molecule has 70 valence electrons. The topological polar surface area (TPSA) is 0 Å². The molecule has 0 N–H and O–H groups in total. The molecule has 0 bridgehead atoms. The van der Waals surface area contributed by atoms with Crippen LogP contribution in [0.15, 0.2) is 12.7 Å². The maximum atomic E-state index is 3.84. The summed E-state index contributed by atoms with van der Waals surface area (Å²) >= 11 is 0. The monoisotopic (exact) mass is 166 g/mol. The molecule has 0 aromatic rings. The quantitative estimate of drug-likeness (QED) is 0.553. The summed E-state index contributed by atoms with van der Waals surface area (Å²) in [5.74, 6) is 0.965. The Morgan fingerprint density at radius 3 is 2.08 bits per heavy atom. The highest BCUT2D eigenvalue weighted by Gasteiger charge is 2.46. The largest absolute Gasteiger partial charge is 0.103 e.